The molecule has 1 heterocycles. The number of imide groups is 1. The van der Waals surface area contributed by atoms with Crippen LogP contribution in [0.3, 0.4) is 0 Å². The molecular weight excluding hydrogens is 384 g/mol. The van der Waals surface area contributed by atoms with Gasteiger partial charge in [-0.2, -0.15) is 0 Å². The summed E-state index contributed by atoms with van der Waals surface area (Å²) >= 11 is 6.26. The second kappa shape index (κ2) is 7.57. The van der Waals surface area contributed by atoms with Crippen LogP contribution in [0.2, 0.25) is 5.02 Å². The number of para-hydroxylation sites is 1. The first-order chi connectivity index (χ1) is 14.0. The number of rotatable bonds is 4. The van der Waals surface area contributed by atoms with Gasteiger partial charge in [-0.1, -0.05) is 66.2 Å². The Morgan fingerprint density at radius 1 is 0.828 bits per heavy atom. The molecule has 0 aliphatic carbocycles. The molecule has 0 spiro atoms. The number of likely N-dealkylation sites (N-methyl/N-ethyl adjacent to an activating group) is 1. The second-order valence-corrected chi connectivity index (χ2v) is 7.27. The van der Waals surface area contributed by atoms with E-state index in [4.69, 9.17) is 11.6 Å². The smallest absolute Gasteiger partial charge is 0.282 e. The normalized spacial score (nSPS) is 14.0. The molecule has 1 aliphatic rings. The maximum Gasteiger partial charge on any atom is 0.282 e. The van der Waals surface area contributed by atoms with Crippen LogP contribution in [-0.2, 0) is 9.59 Å². The molecule has 1 aliphatic heterocycles. The SMILES string of the molecule is Cc1ccc(N2C(=O)C(c3ccccc3)=C(N(C)c3ccccc3)C2=O)cc1Cl. The van der Waals surface area contributed by atoms with E-state index in [1.54, 1.807) is 30.1 Å². The number of carbonyl (C=O) groups excluding carboxylic acids is 2. The Hall–Kier alpha value is -3.37. The van der Waals surface area contributed by atoms with Crippen molar-refractivity contribution in [3.05, 3.63) is 101 Å². The van der Waals surface area contributed by atoms with Crippen molar-refractivity contribution in [1.29, 1.82) is 0 Å². The first-order valence-corrected chi connectivity index (χ1v) is 9.60. The van der Waals surface area contributed by atoms with Gasteiger partial charge in [-0.3, -0.25) is 9.59 Å². The van der Waals surface area contributed by atoms with Crippen molar-refractivity contribution >= 4 is 40.4 Å². The zero-order chi connectivity index (χ0) is 20.5. The molecule has 0 atom stereocenters. The van der Waals surface area contributed by atoms with Crippen LogP contribution >= 0.6 is 11.6 Å². The van der Waals surface area contributed by atoms with Gasteiger partial charge in [0.2, 0.25) is 0 Å². The van der Waals surface area contributed by atoms with Crippen molar-refractivity contribution < 1.29 is 9.59 Å². The van der Waals surface area contributed by atoms with Gasteiger partial charge in [-0.25, -0.2) is 4.90 Å². The van der Waals surface area contributed by atoms with Crippen molar-refractivity contribution in [1.82, 2.24) is 0 Å². The highest BCUT2D eigenvalue weighted by Crippen LogP contribution is 2.37. The van der Waals surface area contributed by atoms with Gasteiger partial charge in [0, 0.05) is 17.8 Å². The van der Waals surface area contributed by atoms with Crippen LogP contribution in [0.4, 0.5) is 11.4 Å². The third-order valence-electron chi connectivity index (χ3n) is 5.01. The average Bonchev–Trinajstić information content (AvgIpc) is 3.01. The number of hydrogen-bond acceptors (Lipinski definition) is 3. The van der Waals surface area contributed by atoms with Crippen LogP contribution in [0, 0.1) is 6.92 Å². The van der Waals surface area contributed by atoms with Gasteiger partial charge < -0.3 is 4.90 Å². The van der Waals surface area contributed by atoms with Crippen LogP contribution in [-0.4, -0.2) is 18.9 Å². The van der Waals surface area contributed by atoms with E-state index in [2.05, 4.69) is 0 Å². The Bertz CT molecular complexity index is 1120. The maximum absolute atomic E-state index is 13.5. The molecule has 0 N–H and O–H groups in total. The Morgan fingerprint density at radius 3 is 2.07 bits per heavy atom. The van der Waals surface area contributed by atoms with E-state index in [0.717, 1.165) is 11.3 Å². The summed E-state index contributed by atoms with van der Waals surface area (Å²) < 4.78 is 0. The van der Waals surface area contributed by atoms with Gasteiger partial charge in [0.15, 0.2) is 0 Å². The molecule has 0 aromatic heterocycles. The quantitative estimate of drug-likeness (QED) is 0.572. The number of carbonyl (C=O) groups is 2. The Labute approximate surface area is 174 Å². The summed E-state index contributed by atoms with van der Waals surface area (Å²) in [6.07, 6.45) is 0. The molecule has 3 aromatic rings. The van der Waals surface area contributed by atoms with Crippen molar-refractivity contribution in [2.45, 2.75) is 6.92 Å². The fourth-order valence-electron chi connectivity index (χ4n) is 3.43. The third kappa shape index (κ3) is 3.32. The number of hydrogen-bond donors (Lipinski definition) is 0. The van der Waals surface area contributed by atoms with E-state index < -0.39 is 0 Å². The fraction of sp³-hybridized carbons (Fsp3) is 0.0833. The maximum atomic E-state index is 13.5. The summed E-state index contributed by atoms with van der Waals surface area (Å²) in [5, 5.41) is 0.509. The largest absolute Gasteiger partial charge is 0.339 e. The zero-order valence-electron chi connectivity index (χ0n) is 16.1. The van der Waals surface area contributed by atoms with Gasteiger partial charge in [0.1, 0.15) is 5.70 Å². The summed E-state index contributed by atoms with van der Waals surface area (Å²) in [5.41, 5.74) is 3.57. The molecule has 144 valence electrons. The number of benzene rings is 3. The van der Waals surface area contributed by atoms with Crippen molar-refractivity contribution in [3.8, 4) is 0 Å². The number of halogens is 1. The molecule has 4 nitrogen and oxygen atoms in total. The number of amides is 2. The minimum atomic E-state index is -0.375. The minimum Gasteiger partial charge on any atom is -0.339 e. The number of nitrogens with zero attached hydrogens (tertiary/aromatic N) is 2. The van der Waals surface area contributed by atoms with Gasteiger partial charge in [-0.15, -0.1) is 0 Å². The molecule has 0 saturated heterocycles. The average molecular weight is 403 g/mol. The van der Waals surface area contributed by atoms with Crippen LogP contribution < -0.4 is 9.80 Å². The molecule has 0 fully saturated rings. The number of aryl methyl sites for hydroxylation is 1. The predicted molar refractivity (Wildman–Crippen MR) is 117 cm³/mol. The molecule has 29 heavy (non-hydrogen) atoms. The Kier molecular flexibility index (Phi) is 4.95. The Morgan fingerprint density at radius 2 is 1.45 bits per heavy atom. The highest BCUT2D eigenvalue weighted by molar-refractivity contribution is 6.46. The third-order valence-corrected chi connectivity index (χ3v) is 5.42. The van der Waals surface area contributed by atoms with Crippen molar-refractivity contribution in [2.75, 3.05) is 16.8 Å². The molecule has 0 bridgehead atoms. The van der Waals surface area contributed by atoms with Gasteiger partial charge >= 0.3 is 0 Å². The summed E-state index contributed by atoms with van der Waals surface area (Å²) in [5.74, 6) is -0.737. The van der Waals surface area contributed by atoms with Gasteiger partial charge in [0.05, 0.1) is 11.3 Å². The van der Waals surface area contributed by atoms with Crippen LogP contribution in [0.15, 0.2) is 84.6 Å². The van der Waals surface area contributed by atoms with Crippen LogP contribution in [0.5, 0.6) is 0 Å². The zero-order valence-corrected chi connectivity index (χ0v) is 16.9. The van der Waals surface area contributed by atoms with Crippen molar-refractivity contribution in [2.24, 2.45) is 0 Å². The second-order valence-electron chi connectivity index (χ2n) is 6.86. The lowest BCUT2D eigenvalue weighted by molar-refractivity contribution is -0.120. The van der Waals surface area contributed by atoms with Gasteiger partial charge in [0.25, 0.3) is 11.8 Å². The minimum absolute atomic E-state index is 0.337. The van der Waals surface area contributed by atoms with E-state index in [1.807, 2.05) is 67.6 Å². The topological polar surface area (TPSA) is 40.6 Å². The molecule has 4 rings (SSSR count). The van der Waals surface area contributed by atoms with Crippen molar-refractivity contribution in [3.63, 3.8) is 0 Å². The lowest BCUT2D eigenvalue weighted by Gasteiger charge is -2.21. The standard InChI is InChI=1S/C24H19ClN2O2/c1-16-13-14-19(15-20(16)25)27-23(28)21(17-9-5-3-6-10-17)22(24(27)29)26(2)18-11-7-4-8-12-18/h3-15H,1-2H3. The lowest BCUT2D eigenvalue weighted by Crippen LogP contribution is -2.34. The number of anilines is 2. The van der Waals surface area contributed by atoms with E-state index in [-0.39, 0.29) is 11.8 Å². The molecule has 0 radical (unpaired) electrons. The van der Waals surface area contributed by atoms with Gasteiger partial charge in [-0.05, 0) is 42.3 Å². The monoisotopic (exact) mass is 402 g/mol. The summed E-state index contributed by atoms with van der Waals surface area (Å²) in [4.78, 5) is 29.9. The summed E-state index contributed by atoms with van der Waals surface area (Å²) in [7, 11) is 1.80. The molecule has 0 saturated carbocycles. The first kappa shape index (κ1) is 19.0. The van der Waals surface area contributed by atoms with E-state index in [0.29, 0.717) is 27.5 Å². The molecule has 3 aromatic carbocycles. The van der Waals surface area contributed by atoms with E-state index in [9.17, 15) is 9.59 Å². The fourth-order valence-corrected chi connectivity index (χ4v) is 3.61. The van der Waals surface area contributed by atoms with Crippen LogP contribution in [0.1, 0.15) is 11.1 Å². The summed E-state index contributed by atoms with van der Waals surface area (Å²) in [6, 6.07) is 24.0. The predicted octanol–water partition coefficient (Wildman–Crippen LogP) is 5.07. The summed E-state index contributed by atoms with van der Waals surface area (Å²) in [6.45, 7) is 1.88. The van der Waals surface area contributed by atoms with E-state index in [1.165, 1.54) is 4.90 Å². The van der Waals surface area contributed by atoms with Crippen LogP contribution in [0.25, 0.3) is 5.57 Å². The highest BCUT2D eigenvalue weighted by Gasteiger charge is 2.42. The lowest BCUT2D eigenvalue weighted by atomic mass is 10.0. The Balaban J connectivity index is 1.87. The van der Waals surface area contributed by atoms with E-state index >= 15 is 0 Å². The molecule has 5 heteroatoms. The molecule has 2 amide bonds. The first-order valence-electron chi connectivity index (χ1n) is 9.22. The highest BCUT2D eigenvalue weighted by atomic mass is 35.5. The molecular formula is C24H19ClN2O2. The molecule has 0 unspecified atom stereocenters.